The van der Waals surface area contributed by atoms with Gasteiger partial charge in [0.25, 0.3) is 0 Å². The van der Waals surface area contributed by atoms with Crippen molar-refractivity contribution >= 4 is 0 Å². The monoisotopic (exact) mass is 219 g/mol. The van der Waals surface area contributed by atoms with Crippen LogP contribution in [0.4, 0.5) is 0 Å². The summed E-state index contributed by atoms with van der Waals surface area (Å²) in [6, 6.07) is 6.34. The van der Waals surface area contributed by atoms with Gasteiger partial charge >= 0.3 is 0 Å². The first-order valence-corrected chi connectivity index (χ1v) is 6.17. The number of aryl methyl sites for hydroxylation is 1. The molecule has 0 unspecified atom stereocenters. The molecule has 1 aliphatic rings. The number of benzene rings is 1. The lowest BCUT2D eigenvalue weighted by Gasteiger charge is -2.13. The fraction of sp³-hybridized carbons (Fsp3) is 0.571. The topological polar surface area (TPSA) is 21.3 Å². The molecule has 0 radical (unpaired) electrons. The minimum atomic E-state index is 0.867. The predicted octanol–water partition coefficient (Wildman–Crippen LogP) is 2.89. The summed E-state index contributed by atoms with van der Waals surface area (Å²) in [5.41, 5.74) is 2.50. The fourth-order valence-corrected chi connectivity index (χ4v) is 1.98. The van der Waals surface area contributed by atoms with Gasteiger partial charge in [-0.1, -0.05) is 31.0 Å². The van der Waals surface area contributed by atoms with Crippen LogP contribution in [0.1, 0.15) is 30.4 Å². The third-order valence-electron chi connectivity index (χ3n) is 3.13. The van der Waals surface area contributed by atoms with Crippen LogP contribution in [0.5, 0.6) is 5.75 Å². The third-order valence-corrected chi connectivity index (χ3v) is 3.13. The zero-order chi connectivity index (χ0) is 11.4. The van der Waals surface area contributed by atoms with E-state index < -0.39 is 0 Å². The number of rotatable bonds is 6. The molecule has 2 nitrogen and oxygen atoms in total. The molecule has 0 spiro atoms. The van der Waals surface area contributed by atoms with E-state index in [9.17, 15) is 0 Å². The van der Waals surface area contributed by atoms with E-state index in [1.807, 2.05) is 7.05 Å². The average Bonchev–Trinajstić information content (AvgIpc) is 3.06. The minimum absolute atomic E-state index is 0.867. The fourth-order valence-electron chi connectivity index (χ4n) is 1.98. The van der Waals surface area contributed by atoms with Gasteiger partial charge in [0, 0.05) is 12.1 Å². The second-order valence-electron chi connectivity index (χ2n) is 4.67. The minimum Gasteiger partial charge on any atom is -0.493 e. The molecule has 0 saturated heterocycles. The summed E-state index contributed by atoms with van der Waals surface area (Å²) in [5, 5.41) is 3.18. The molecule has 2 rings (SSSR count). The van der Waals surface area contributed by atoms with Gasteiger partial charge in [-0.05, 0) is 31.9 Å². The Kier molecular flexibility index (Phi) is 3.83. The van der Waals surface area contributed by atoms with Gasteiger partial charge < -0.3 is 10.1 Å². The molecule has 1 N–H and O–H groups in total. The predicted molar refractivity (Wildman–Crippen MR) is 66.8 cm³/mol. The van der Waals surface area contributed by atoms with E-state index >= 15 is 0 Å². The maximum atomic E-state index is 5.93. The van der Waals surface area contributed by atoms with Crippen LogP contribution in [0.15, 0.2) is 18.2 Å². The van der Waals surface area contributed by atoms with E-state index in [0.717, 1.165) is 24.8 Å². The maximum absolute atomic E-state index is 5.93. The van der Waals surface area contributed by atoms with Crippen LogP contribution in [0.3, 0.4) is 0 Å². The van der Waals surface area contributed by atoms with Crippen molar-refractivity contribution in [2.75, 3.05) is 13.7 Å². The number of para-hydroxylation sites is 1. The Labute approximate surface area is 98.0 Å². The summed E-state index contributed by atoms with van der Waals surface area (Å²) in [6.07, 6.45) is 4.02. The van der Waals surface area contributed by atoms with Gasteiger partial charge in [0.1, 0.15) is 5.75 Å². The van der Waals surface area contributed by atoms with Crippen molar-refractivity contribution in [2.24, 2.45) is 5.92 Å². The second kappa shape index (κ2) is 5.35. The smallest absolute Gasteiger partial charge is 0.126 e. The molecule has 2 heteroatoms. The first-order valence-electron chi connectivity index (χ1n) is 6.17. The van der Waals surface area contributed by atoms with E-state index in [1.54, 1.807) is 0 Å². The van der Waals surface area contributed by atoms with E-state index in [1.165, 1.54) is 30.4 Å². The van der Waals surface area contributed by atoms with Gasteiger partial charge in [-0.25, -0.2) is 0 Å². The molecule has 0 heterocycles. The normalized spacial score (nSPS) is 15.1. The highest BCUT2D eigenvalue weighted by Crippen LogP contribution is 2.33. The Balaban J connectivity index is 1.97. The zero-order valence-corrected chi connectivity index (χ0v) is 10.3. The van der Waals surface area contributed by atoms with Crippen LogP contribution in [0.25, 0.3) is 0 Å². The second-order valence-corrected chi connectivity index (χ2v) is 4.67. The van der Waals surface area contributed by atoms with Crippen molar-refractivity contribution < 1.29 is 4.74 Å². The molecule has 0 aromatic heterocycles. The van der Waals surface area contributed by atoms with Gasteiger partial charge in [0.15, 0.2) is 0 Å². The first kappa shape index (κ1) is 11.5. The Morgan fingerprint density at radius 3 is 2.88 bits per heavy atom. The molecule has 0 atom stereocenters. The van der Waals surface area contributed by atoms with Crippen LogP contribution >= 0.6 is 0 Å². The number of hydrogen-bond acceptors (Lipinski definition) is 2. The van der Waals surface area contributed by atoms with Gasteiger partial charge in [-0.3, -0.25) is 0 Å². The molecular formula is C14H21NO. The summed E-state index contributed by atoms with van der Waals surface area (Å²) >= 11 is 0. The Morgan fingerprint density at radius 1 is 1.38 bits per heavy atom. The molecule has 1 aromatic rings. The molecule has 1 saturated carbocycles. The average molecular weight is 219 g/mol. The Hall–Kier alpha value is -1.02. The summed E-state index contributed by atoms with van der Waals surface area (Å²) in [4.78, 5) is 0. The lowest BCUT2D eigenvalue weighted by molar-refractivity contribution is 0.297. The highest BCUT2D eigenvalue weighted by Gasteiger charge is 2.21. The molecule has 1 aliphatic carbocycles. The molecule has 88 valence electrons. The van der Waals surface area contributed by atoms with Crippen LogP contribution < -0.4 is 10.1 Å². The van der Waals surface area contributed by atoms with Crippen molar-refractivity contribution in [2.45, 2.75) is 32.7 Å². The maximum Gasteiger partial charge on any atom is 0.126 e. The lowest BCUT2D eigenvalue weighted by atomic mass is 10.1. The summed E-state index contributed by atoms with van der Waals surface area (Å²) in [7, 11) is 1.97. The molecule has 0 aliphatic heterocycles. The molecule has 1 fully saturated rings. The molecule has 16 heavy (non-hydrogen) atoms. The van der Waals surface area contributed by atoms with Crippen LogP contribution in [-0.2, 0) is 6.54 Å². The molecule has 1 aromatic carbocycles. The van der Waals surface area contributed by atoms with E-state index in [4.69, 9.17) is 4.74 Å². The quantitative estimate of drug-likeness (QED) is 0.794. The van der Waals surface area contributed by atoms with Gasteiger partial charge in [0.2, 0.25) is 0 Å². The first-order chi connectivity index (χ1) is 7.81. The molecular weight excluding hydrogens is 198 g/mol. The standard InChI is InChI=1S/C14H21NO/c1-11-4-3-5-13(10-15-2)14(11)16-9-8-12-6-7-12/h3-5,12,15H,6-10H2,1-2H3. The van der Waals surface area contributed by atoms with Gasteiger partial charge in [-0.2, -0.15) is 0 Å². The van der Waals surface area contributed by atoms with E-state index in [-0.39, 0.29) is 0 Å². The van der Waals surface area contributed by atoms with Crippen molar-refractivity contribution in [3.05, 3.63) is 29.3 Å². The number of nitrogens with one attached hydrogen (secondary N) is 1. The van der Waals surface area contributed by atoms with Crippen LogP contribution in [-0.4, -0.2) is 13.7 Å². The summed E-state index contributed by atoms with van der Waals surface area (Å²) < 4.78 is 5.93. The Morgan fingerprint density at radius 2 is 2.19 bits per heavy atom. The summed E-state index contributed by atoms with van der Waals surface area (Å²) in [6.45, 7) is 3.86. The van der Waals surface area contributed by atoms with E-state index in [0.29, 0.717) is 0 Å². The molecule has 0 amide bonds. The molecule has 0 bridgehead atoms. The summed E-state index contributed by atoms with van der Waals surface area (Å²) in [5.74, 6) is 2.02. The third kappa shape index (κ3) is 2.99. The SMILES string of the molecule is CNCc1cccc(C)c1OCCC1CC1. The highest BCUT2D eigenvalue weighted by molar-refractivity contribution is 5.40. The van der Waals surface area contributed by atoms with Crippen LogP contribution in [0, 0.1) is 12.8 Å². The highest BCUT2D eigenvalue weighted by atomic mass is 16.5. The van der Waals surface area contributed by atoms with Crippen molar-refractivity contribution in [1.29, 1.82) is 0 Å². The van der Waals surface area contributed by atoms with Crippen molar-refractivity contribution in [1.82, 2.24) is 5.32 Å². The number of ether oxygens (including phenoxy) is 1. The lowest BCUT2D eigenvalue weighted by Crippen LogP contribution is -2.09. The van der Waals surface area contributed by atoms with E-state index in [2.05, 4.69) is 30.4 Å². The van der Waals surface area contributed by atoms with Crippen LogP contribution in [0.2, 0.25) is 0 Å². The number of hydrogen-bond donors (Lipinski definition) is 1. The largest absolute Gasteiger partial charge is 0.493 e. The zero-order valence-electron chi connectivity index (χ0n) is 10.3. The van der Waals surface area contributed by atoms with Crippen molar-refractivity contribution in [3.8, 4) is 5.75 Å². The van der Waals surface area contributed by atoms with Gasteiger partial charge in [-0.15, -0.1) is 0 Å². The van der Waals surface area contributed by atoms with Crippen molar-refractivity contribution in [3.63, 3.8) is 0 Å². The van der Waals surface area contributed by atoms with Gasteiger partial charge in [0.05, 0.1) is 6.61 Å². The Bertz CT molecular complexity index is 345.